The minimum absolute atomic E-state index is 0.0365. The van der Waals surface area contributed by atoms with Crippen molar-refractivity contribution >= 4 is 0 Å². The number of likely N-dealkylation sites (N-methyl/N-ethyl adjacent to an activating group) is 1. The summed E-state index contributed by atoms with van der Waals surface area (Å²) >= 11 is 0. The van der Waals surface area contributed by atoms with Crippen LogP contribution in [0.3, 0.4) is 0 Å². The second-order valence-electron chi connectivity index (χ2n) is 5.43. The molecule has 1 N–H and O–H groups in total. The summed E-state index contributed by atoms with van der Waals surface area (Å²) < 4.78 is 5.10. The zero-order valence-corrected chi connectivity index (χ0v) is 12.4. The number of ether oxygens (including phenoxy) is 1. The quantitative estimate of drug-likeness (QED) is 0.522. The normalized spacial score (nSPS) is 25.0. The highest BCUT2D eigenvalue weighted by Crippen LogP contribution is 2.37. The predicted molar refractivity (Wildman–Crippen MR) is 79.4 cm³/mol. The molecule has 0 fully saturated rings. The number of aromatic hydroxyl groups is 1. The van der Waals surface area contributed by atoms with E-state index in [9.17, 15) is 15.2 Å². The minimum atomic E-state index is -0.723. The molecule has 0 aromatic heterocycles. The highest BCUT2D eigenvalue weighted by atomic mass is 16.6. The zero-order chi connectivity index (χ0) is 15.6. The summed E-state index contributed by atoms with van der Waals surface area (Å²) in [6.45, 7) is 0. The van der Waals surface area contributed by atoms with Crippen molar-refractivity contribution in [2.75, 3.05) is 21.2 Å². The lowest BCUT2D eigenvalue weighted by molar-refractivity contribution is -0.532. The largest absolute Gasteiger partial charge is 0.504 e. The van der Waals surface area contributed by atoms with Crippen LogP contribution in [0.1, 0.15) is 17.9 Å². The summed E-state index contributed by atoms with van der Waals surface area (Å²) in [5, 5.41) is 21.2. The van der Waals surface area contributed by atoms with Gasteiger partial charge in [0.1, 0.15) is 0 Å². The van der Waals surface area contributed by atoms with Gasteiger partial charge in [0, 0.05) is 4.92 Å². The Morgan fingerprint density at radius 3 is 2.71 bits per heavy atom. The molecule has 1 aromatic rings. The van der Waals surface area contributed by atoms with E-state index >= 15 is 0 Å². The van der Waals surface area contributed by atoms with Crippen LogP contribution in [-0.4, -0.2) is 48.2 Å². The molecule has 6 nitrogen and oxygen atoms in total. The number of benzene rings is 1. The number of allylic oxidation sites excluding steroid dienone is 1. The molecule has 1 aliphatic rings. The van der Waals surface area contributed by atoms with E-state index in [2.05, 4.69) is 0 Å². The van der Waals surface area contributed by atoms with Gasteiger partial charge in [0.15, 0.2) is 11.5 Å². The molecular weight excluding hydrogens is 272 g/mol. The van der Waals surface area contributed by atoms with E-state index in [1.54, 1.807) is 12.1 Å². The first-order valence-corrected chi connectivity index (χ1v) is 6.79. The lowest BCUT2D eigenvalue weighted by Gasteiger charge is -2.32. The minimum Gasteiger partial charge on any atom is -0.504 e. The summed E-state index contributed by atoms with van der Waals surface area (Å²) in [4.78, 5) is 13.2. The molecule has 21 heavy (non-hydrogen) atoms. The first-order valence-electron chi connectivity index (χ1n) is 6.79. The van der Waals surface area contributed by atoms with Crippen LogP contribution in [0, 0.1) is 10.1 Å². The molecule has 6 heteroatoms. The molecule has 0 saturated carbocycles. The van der Waals surface area contributed by atoms with Gasteiger partial charge < -0.3 is 9.84 Å². The fourth-order valence-electron chi connectivity index (χ4n) is 2.86. The number of phenols is 1. The average molecular weight is 292 g/mol. The summed E-state index contributed by atoms with van der Waals surface area (Å²) in [5.41, 5.74) is 0.808. The molecule has 1 unspecified atom stereocenters. The Balaban J connectivity index is 2.41. The van der Waals surface area contributed by atoms with Gasteiger partial charge in [-0.2, -0.15) is 0 Å². The molecule has 0 heterocycles. The van der Waals surface area contributed by atoms with Gasteiger partial charge in [-0.3, -0.25) is 15.0 Å². The number of hydrogen-bond acceptors (Lipinski definition) is 5. The third-order valence-electron chi connectivity index (χ3n) is 3.96. The van der Waals surface area contributed by atoms with Crippen molar-refractivity contribution in [1.82, 2.24) is 4.90 Å². The Bertz CT molecular complexity index is 557. The first-order chi connectivity index (χ1) is 9.95. The van der Waals surface area contributed by atoms with Gasteiger partial charge in [0.2, 0.25) is 6.04 Å². The first kappa shape index (κ1) is 15.3. The topological polar surface area (TPSA) is 75.8 Å². The van der Waals surface area contributed by atoms with Gasteiger partial charge in [-0.25, -0.2) is 0 Å². The molecular formula is C15H20N2O4. The summed E-state index contributed by atoms with van der Waals surface area (Å²) in [5.74, 6) is 0.131. The number of methoxy groups -OCH3 is 1. The molecule has 0 amide bonds. The molecule has 114 valence electrons. The second-order valence-corrected chi connectivity index (χ2v) is 5.43. The second kappa shape index (κ2) is 6.13. The van der Waals surface area contributed by atoms with E-state index in [0.717, 1.165) is 5.56 Å². The van der Waals surface area contributed by atoms with E-state index in [-0.39, 0.29) is 22.6 Å². The van der Waals surface area contributed by atoms with Crippen LogP contribution in [0.2, 0.25) is 0 Å². The van der Waals surface area contributed by atoms with Crippen molar-refractivity contribution in [3.8, 4) is 11.5 Å². The molecule has 0 saturated heterocycles. The third kappa shape index (κ3) is 3.00. The van der Waals surface area contributed by atoms with Gasteiger partial charge in [-0.15, -0.1) is 0 Å². The fraction of sp³-hybridized carbons (Fsp3) is 0.467. The van der Waals surface area contributed by atoms with Crippen molar-refractivity contribution in [1.29, 1.82) is 0 Å². The number of nitro groups is 1. The number of rotatable bonds is 4. The number of nitrogens with zero attached hydrogens (tertiary/aromatic N) is 2. The average Bonchev–Trinajstić information content (AvgIpc) is 2.46. The summed E-state index contributed by atoms with van der Waals surface area (Å²) in [6, 6.07) is 3.96. The Morgan fingerprint density at radius 1 is 1.43 bits per heavy atom. The van der Waals surface area contributed by atoms with Crippen LogP contribution >= 0.6 is 0 Å². The van der Waals surface area contributed by atoms with Crippen LogP contribution in [0.5, 0.6) is 11.5 Å². The van der Waals surface area contributed by atoms with E-state index in [1.165, 1.54) is 13.2 Å². The van der Waals surface area contributed by atoms with Crippen molar-refractivity contribution < 1.29 is 14.8 Å². The van der Waals surface area contributed by atoms with Gasteiger partial charge in [-0.1, -0.05) is 18.2 Å². The van der Waals surface area contributed by atoms with Crippen LogP contribution in [0.25, 0.3) is 0 Å². The fourth-order valence-corrected chi connectivity index (χ4v) is 2.86. The molecule has 1 aromatic carbocycles. The maximum absolute atomic E-state index is 11.5. The van der Waals surface area contributed by atoms with E-state index in [1.807, 2.05) is 31.1 Å². The molecule has 2 rings (SSSR count). The van der Waals surface area contributed by atoms with Gasteiger partial charge in [0.25, 0.3) is 0 Å². The molecule has 1 aliphatic carbocycles. The highest BCUT2D eigenvalue weighted by Gasteiger charge is 2.41. The number of hydrogen-bond donors (Lipinski definition) is 1. The van der Waals surface area contributed by atoms with Crippen LogP contribution in [0.4, 0.5) is 0 Å². The molecule has 0 spiro atoms. The Labute approximate surface area is 123 Å². The Hall–Kier alpha value is -2.08. The molecule has 0 radical (unpaired) electrons. The lowest BCUT2D eigenvalue weighted by Crippen LogP contribution is -2.47. The SMILES string of the molecule is COc1cc([C@@H]2CC=C[C@H](N(C)C)C2[N+](=O)[O-])ccc1O. The van der Waals surface area contributed by atoms with Gasteiger partial charge >= 0.3 is 0 Å². The predicted octanol–water partition coefficient (Wildman–Crippen LogP) is 2.02. The van der Waals surface area contributed by atoms with Crippen LogP contribution in [-0.2, 0) is 0 Å². The van der Waals surface area contributed by atoms with Gasteiger partial charge in [0.05, 0.1) is 19.1 Å². The van der Waals surface area contributed by atoms with E-state index in [4.69, 9.17) is 4.74 Å². The Kier molecular flexibility index (Phi) is 4.47. The smallest absolute Gasteiger partial charge is 0.238 e. The van der Waals surface area contributed by atoms with Crippen molar-refractivity contribution in [3.05, 3.63) is 46.0 Å². The highest BCUT2D eigenvalue weighted by molar-refractivity contribution is 5.43. The van der Waals surface area contributed by atoms with Crippen LogP contribution in [0.15, 0.2) is 30.4 Å². The van der Waals surface area contributed by atoms with Crippen molar-refractivity contribution in [2.45, 2.75) is 24.4 Å². The molecule has 0 aliphatic heterocycles. The van der Waals surface area contributed by atoms with E-state index in [0.29, 0.717) is 12.2 Å². The summed E-state index contributed by atoms with van der Waals surface area (Å²) in [7, 11) is 5.14. The lowest BCUT2D eigenvalue weighted by atomic mass is 9.80. The van der Waals surface area contributed by atoms with Crippen molar-refractivity contribution in [3.63, 3.8) is 0 Å². The maximum atomic E-state index is 11.5. The number of phenolic OH excluding ortho intramolecular Hbond substituents is 1. The van der Waals surface area contributed by atoms with Gasteiger partial charge in [-0.05, 0) is 38.2 Å². The third-order valence-corrected chi connectivity index (χ3v) is 3.96. The van der Waals surface area contributed by atoms with E-state index < -0.39 is 6.04 Å². The Morgan fingerprint density at radius 2 is 2.14 bits per heavy atom. The molecule has 0 bridgehead atoms. The standard InChI is InChI=1S/C15H20N2O4/c1-16(2)12-6-4-5-11(15(12)17(19)20)10-7-8-13(18)14(9-10)21-3/h4,6-9,11-12,15,18H,5H2,1-3H3/t11-,12-,15?/m0/s1. The monoisotopic (exact) mass is 292 g/mol. The summed E-state index contributed by atoms with van der Waals surface area (Å²) in [6.07, 6.45) is 4.47. The van der Waals surface area contributed by atoms with Crippen LogP contribution < -0.4 is 4.74 Å². The zero-order valence-electron chi connectivity index (χ0n) is 12.4. The maximum Gasteiger partial charge on any atom is 0.238 e. The van der Waals surface area contributed by atoms with Crippen molar-refractivity contribution in [2.24, 2.45) is 0 Å². The molecule has 3 atom stereocenters.